The van der Waals surface area contributed by atoms with E-state index in [1.54, 1.807) is 0 Å². The normalized spacial score (nSPS) is 9.07. The number of aliphatic carboxylic acids is 1. The minimum absolute atomic E-state index is 0.246. The summed E-state index contributed by atoms with van der Waals surface area (Å²) < 4.78 is 0. The third-order valence-corrected chi connectivity index (χ3v) is 1.63. The van der Waals surface area contributed by atoms with Crippen molar-refractivity contribution < 1.29 is 14.7 Å². The van der Waals surface area contributed by atoms with Crippen LogP contribution in [0.1, 0.15) is 32.1 Å². The minimum atomic E-state index is -1.04. The van der Waals surface area contributed by atoms with Gasteiger partial charge in [-0.05, 0) is 12.8 Å². The van der Waals surface area contributed by atoms with Gasteiger partial charge in [-0.25, -0.2) is 0 Å². The van der Waals surface area contributed by atoms with Crippen molar-refractivity contribution in [2.75, 3.05) is 6.54 Å². The van der Waals surface area contributed by atoms with Crippen molar-refractivity contribution in [3.8, 4) is 6.07 Å². The summed E-state index contributed by atoms with van der Waals surface area (Å²) in [6, 6.07) is 2.02. The molecule has 0 aliphatic rings. The van der Waals surface area contributed by atoms with Gasteiger partial charge in [-0.2, -0.15) is 5.26 Å². The van der Waals surface area contributed by atoms with Crippen LogP contribution >= 0.6 is 0 Å². The Kier molecular flexibility index (Phi) is 7.15. The van der Waals surface area contributed by atoms with E-state index in [1.165, 1.54) is 0 Å². The Hall–Kier alpha value is -1.57. The fraction of sp³-hybridized carbons (Fsp3) is 0.667. The number of unbranched alkanes of at least 4 members (excludes halogenated alkanes) is 3. The highest BCUT2D eigenvalue weighted by molar-refractivity contribution is 5.80. The Balaban J connectivity index is 3.28. The number of hydrogen-bond acceptors (Lipinski definition) is 3. The first-order valence-electron chi connectivity index (χ1n) is 4.52. The van der Waals surface area contributed by atoms with E-state index in [0.29, 0.717) is 19.3 Å². The minimum Gasteiger partial charge on any atom is -0.480 e. The van der Waals surface area contributed by atoms with Crippen molar-refractivity contribution in [2.24, 2.45) is 0 Å². The Morgan fingerprint density at radius 3 is 2.57 bits per heavy atom. The SMILES string of the molecule is N#CCCCCCC(=O)NCC(=O)O. The maximum atomic E-state index is 10.9. The smallest absolute Gasteiger partial charge is 0.322 e. The molecule has 5 heteroatoms. The van der Waals surface area contributed by atoms with Crippen LogP contribution in [0.4, 0.5) is 0 Å². The van der Waals surface area contributed by atoms with Crippen LogP contribution in [0.25, 0.3) is 0 Å². The lowest BCUT2D eigenvalue weighted by atomic mass is 10.1. The molecule has 2 N–H and O–H groups in total. The third kappa shape index (κ3) is 8.53. The molecule has 78 valence electrons. The molecule has 0 aromatic carbocycles. The van der Waals surface area contributed by atoms with Crippen molar-refractivity contribution in [1.82, 2.24) is 5.32 Å². The summed E-state index contributed by atoms with van der Waals surface area (Å²) in [7, 11) is 0. The molecule has 0 rings (SSSR count). The fourth-order valence-corrected chi connectivity index (χ4v) is 0.929. The number of carbonyl (C=O) groups excluding carboxylic acids is 1. The predicted molar refractivity (Wildman–Crippen MR) is 49.3 cm³/mol. The van der Waals surface area contributed by atoms with Crippen molar-refractivity contribution in [2.45, 2.75) is 32.1 Å². The van der Waals surface area contributed by atoms with E-state index in [4.69, 9.17) is 10.4 Å². The van der Waals surface area contributed by atoms with Crippen LogP contribution in [-0.4, -0.2) is 23.5 Å². The number of amides is 1. The first kappa shape index (κ1) is 12.4. The van der Waals surface area contributed by atoms with E-state index >= 15 is 0 Å². The topological polar surface area (TPSA) is 90.2 Å². The quantitative estimate of drug-likeness (QED) is 0.588. The fourth-order valence-electron chi connectivity index (χ4n) is 0.929. The van der Waals surface area contributed by atoms with Crippen molar-refractivity contribution in [3.63, 3.8) is 0 Å². The van der Waals surface area contributed by atoms with Crippen molar-refractivity contribution in [1.29, 1.82) is 5.26 Å². The van der Waals surface area contributed by atoms with Crippen LogP contribution in [0, 0.1) is 11.3 Å². The van der Waals surface area contributed by atoms with Gasteiger partial charge in [-0.15, -0.1) is 0 Å². The van der Waals surface area contributed by atoms with Gasteiger partial charge in [0.15, 0.2) is 0 Å². The monoisotopic (exact) mass is 198 g/mol. The molecule has 0 heterocycles. The summed E-state index contributed by atoms with van der Waals surface area (Å²) >= 11 is 0. The van der Waals surface area contributed by atoms with Gasteiger partial charge in [0, 0.05) is 12.8 Å². The van der Waals surface area contributed by atoms with Gasteiger partial charge in [-0.3, -0.25) is 9.59 Å². The van der Waals surface area contributed by atoms with Gasteiger partial charge in [0.05, 0.1) is 6.07 Å². The van der Waals surface area contributed by atoms with E-state index in [2.05, 4.69) is 5.32 Å². The van der Waals surface area contributed by atoms with E-state index in [-0.39, 0.29) is 12.5 Å². The number of nitriles is 1. The number of nitrogens with one attached hydrogen (secondary N) is 1. The predicted octanol–water partition coefficient (Wildman–Crippen LogP) is 0.661. The molecule has 0 aliphatic carbocycles. The van der Waals surface area contributed by atoms with E-state index in [1.807, 2.05) is 6.07 Å². The van der Waals surface area contributed by atoms with E-state index < -0.39 is 5.97 Å². The highest BCUT2D eigenvalue weighted by Gasteiger charge is 2.02. The molecule has 0 aliphatic heterocycles. The van der Waals surface area contributed by atoms with Gasteiger partial charge in [0.1, 0.15) is 6.54 Å². The Morgan fingerprint density at radius 2 is 2.00 bits per heavy atom. The van der Waals surface area contributed by atoms with Crippen LogP contribution in [0.15, 0.2) is 0 Å². The Labute approximate surface area is 82.7 Å². The zero-order chi connectivity index (χ0) is 10.8. The van der Waals surface area contributed by atoms with Gasteiger partial charge >= 0.3 is 5.97 Å². The molecular weight excluding hydrogens is 184 g/mol. The highest BCUT2D eigenvalue weighted by Crippen LogP contribution is 2.01. The third-order valence-electron chi connectivity index (χ3n) is 1.63. The average Bonchev–Trinajstić information content (AvgIpc) is 2.14. The number of carboxylic acid groups (broad SMARTS) is 1. The Bertz CT molecular complexity index is 233. The second-order valence-electron chi connectivity index (χ2n) is 2.89. The summed E-state index contributed by atoms with van der Waals surface area (Å²) in [4.78, 5) is 21.0. The van der Waals surface area contributed by atoms with Gasteiger partial charge in [0.25, 0.3) is 0 Å². The number of carboxylic acids is 1. The van der Waals surface area contributed by atoms with Crippen molar-refractivity contribution >= 4 is 11.9 Å². The average molecular weight is 198 g/mol. The molecule has 0 radical (unpaired) electrons. The summed E-state index contributed by atoms with van der Waals surface area (Å²) in [6.45, 7) is -0.322. The molecular formula is C9H14N2O3. The summed E-state index contributed by atoms with van der Waals surface area (Å²) in [5.41, 5.74) is 0. The van der Waals surface area contributed by atoms with Crippen LogP contribution in [-0.2, 0) is 9.59 Å². The molecule has 0 fully saturated rings. The van der Waals surface area contributed by atoms with Crippen LogP contribution in [0.3, 0.4) is 0 Å². The Morgan fingerprint density at radius 1 is 1.29 bits per heavy atom. The number of nitrogens with zero attached hydrogens (tertiary/aromatic N) is 1. The summed E-state index contributed by atoms with van der Waals surface area (Å²) in [6.07, 6.45) is 3.17. The van der Waals surface area contributed by atoms with Gasteiger partial charge in [0.2, 0.25) is 5.91 Å². The molecule has 14 heavy (non-hydrogen) atoms. The van der Waals surface area contributed by atoms with Gasteiger partial charge in [-0.1, -0.05) is 6.42 Å². The van der Waals surface area contributed by atoms with Gasteiger partial charge < -0.3 is 10.4 Å². The molecule has 1 amide bonds. The molecule has 0 saturated heterocycles. The maximum absolute atomic E-state index is 10.9. The second kappa shape index (κ2) is 8.05. The van der Waals surface area contributed by atoms with Crippen LogP contribution in [0.5, 0.6) is 0 Å². The maximum Gasteiger partial charge on any atom is 0.322 e. The van der Waals surface area contributed by atoms with E-state index in [0.717, 1.165) is 12.8 Å². The summed E-state index contributed by atoms with van der Waals surface area (Å²) in [5, 5.41) is 18.7. The number of hydrogen-bond donors (Lipinski definition) is 2. The zero-order valence-corrected chi connectivity index (χ0v) is 7.95. The molecule has 0 bridgehead atoms. The molecule has 0 saturated carbocycles. The molecule has 0 atom stereocenters. The van der Waals surface area contributed by atoms with E-state index in [9.17, 15) is 9.59 Å². The zero-order valence-electron chi connectivity index (χ0n) is 7.95. The number of carbonyl (C=O) groups is 2. The summed E-state index contributed by atoms with van der Waals surface area (Å²) in [5.74, 6) is -1.29. The lowest BCUT2D eigenvalue weighted by Gasteiger charge is -2.00. The molecule has 5 nitrogen and oxygen atoms in total. The second-order valence-corrected chi connectivity index (χ2v) is 2.89. The van der Waals surface area contributed by atoms with Crippen molar-refractivity contribution in [3.05, 3.63) is 0 Å². The first-order valence-corrected chi connectivity index (χ1v) is 4.52. The highest BCUT2D eigenvalue weighted by atomic mass is 16.4. The number of rotatable bonds is 7. The lowest BCUT2D eigenvalue weighted by molar-refractivity contribution is -0.137. The molecule has 0 aromatic rings. The molecule has 0 unspecified atom stereocenters. The lowest BCUT2D eigenvalue weighted by Crippen LogP contribution is -2.28. The largest absolute Gasteiger partial charge is 0.480 e. The van der Waals surface area contributed by atoms with Crippen LogP contribution < -0.4 is 5.32 Å². The standard InChI is InChI=1S/C9H14N2O3/c10-6-4-2-1-3-5-8(12)11-7-9(13)14/h1-5,7H2,(H,11,12)(H,13,14). The first-order chi connectivity index (χ1) is 6.66. The van der Waals surface area contributed by atoms with Crippen LogP contribution in [0.2, 0.25) is 0 Å². The molecule has 0 aromatic heterocycles. The molecule has 0 spiro atoms.